The van der Waals surface area contributed by atoms with Gasteiger partial charge in [-0.25, -0.2) is 17.9 Å². The van der Waals surface area contributed by atoms with Gasteiger partial charge in [-0.15, -0.1) is 0 Å². The van der Waals surface area contributed by atoms with Crippen molar-refractivity contribution in [2.45, 2.75) is 63.0 Å². The molecule has 2 N–H and O–H groups in total. The summed E-state index contributed by atoms with van der Waals surface area (Å²) in [5, 5.41) is 0. The topological polar surface area (TPSA) is 26.0 Å². The third-order valence-corrected chi connectivity index (χ3v) is 15.4. The van der Waals surface area contributed by atoms with E-state index in [2.05, 4.69) is 77.3 Å². The molecular formula is C26H36F2NSTi. The molecule has 0 unspecified atom stereocenters. The summed E-state index contributed by atoms with van der Waals surface area (Å²) >= 11 is 1.50. The van der Waals surface area contributed by atoms with Crippen LogP contribution in [0.5, 0.6) is 0 Å². The summed E-state index contributed by atoms with van der Waals surface area (Å²) in [6, 6.07) is 10.5. The Hall–Kier alpha value is -1.20. The fourth-order valence-corrected chi connectivity index (χ4v) is 13.3. The summed E-state index contributed by atoms with van der Waals surface area (Å²) < 4.78 is 35.2. The SMILES string of the molecule is CC1=C(C)C(C)([SH](C)(C)(c2c(C)cccc2C)c2c(F)cccc2F)C(C)=C1C.[NH2][Ti]. The predicted octanol–water partition coefficient (Wildman–Crippen LogP) is 7.18. The van der Waals surface area contributed by atoms with E-state index < -0.39 is 25.5 Å². The third kappa shape index (κ3) is 3.33. The fourth-order valence-electron chi connectivity index (χ4n) is 6.13. The second kappa shape index (κ2) is 8.63. The van der Waals surface area contributed by atoms with Crippen LogP contribution in [0.4, 0.5) is 8.78 Å². The molecule has 0 spiro atoms. The molecule has 0 amide bonds. The Bertz CT molecular complexity index is 979. The molecule has 0 fully saturated rings. The Morgan fingerprint density at radius 1 is 0.710 bits per heavy atom. The minimum absolute atomic E-state index is 0.264. The van der Waals surface area contributed by atoms with Crippen molar-refractivity contribution in [2.75, 3.05) is 12.5 Å². The Labute approximate surface area is 199 Å². The number of hydrogen-bond acceptors (Lipinski definition) is 1. The molecule has 0 bridgehead atoms. The molecule has 2 aromatic rings. The predicted molar refractivity (Wildman–Crippen MR) is 129 cm³/mol. The van der Waals surface area contributed by atoms with Crippen molar-refractivity contribution in [3.63, 3.8) is 0 Å². The van der Waals surface area contributed by atoms with Gasteiger partial charge in [0, 0.05) is 4.75 Å². The van der Waals surface area contributed by atoms with Crippen LogP contribution in [0.3, 0.4) is 0 Å². The number of rotatable bonds is 3. The molecule has 0 saturated carbocycles. The van der Waals surface area contributed by atoms with E-state index in [9.17, 15) is 0 Å². The first-order chi connectivity index (χ1) is 14.3. The van der Waals surface area contributed by atoms with Crippen LogP contribution in [-0.4, -0.2) is 17.3 Å². The number of allylic oxidation sites excluding steroid dienone is 2. The fraction of sp³-hybridized carbons (Fsp3) is 0.385. The average Bonchev–Trinajstić information content (AvgIpc) is 2.85. The van der Waals surface area contributed by atoms with Crippen molar-refractivity contribution >= 4 is 9.16 Å². The second-order valence-corrected chi connectivity index (χ2v) is 15.5. The Morgan fingerprint density at radius 3 is 1.45 bits per heavy atom. The van der Waals surface area contributed by atoms with Gasteiger partial charge in [-0.05, 0) is 100 Å². The van der Waals surface area contributed by atoms with Crippen molar-refractivity contribution in [2.24, 2.45) is 4.22 Å². The van der Waals surface area contributed by atoms with Crippen LogP contribution < -0.4 is 4.22 Å². The van der Waals surface area contributed by atoms with Gasteiger partial charge in [-0.2, -0.15) is 0 Å². The molecule has 3 rings (SSSR count). The van der Waals surface area contributed by atoms with E-state index in [0.717, 1.165) is 16.0 Å². The zero-order valence-corrected chi connectivity index (χ0v) is 22.7. The van der Waals surface area contributed by atoms with Crippen LogP contribution in [0.25, 0.3) is 0 Å². The molecule has 31 heavy (non-hydrogen) atoms. The maximum atomic E-state index is 15.6. The van der Waals surface area contributed by atoms with Gasteiger partial charge >= 0.3 is 24.9 Å². The van der Waals surface area contributed by atoms with Crippen LogP contribution >= 0.6 is 9.16 Å². The molecular weight excluding hydrogens is 444 g/mol. The van der Waals surface area contributed by atoms with Gasteiger partial charge in [0.15, 0.2) is 0 Å². The monoisotopic (exact) mass is 480 g/mol. The van der Waals surface area contributed by atoms with Gasteiger partial charge in [0.1, 0.15) is 11.6 Å². The van der Waals surface area contributed by atoms with E-state index in [-0.39, 0.29) is 4.90 Å². The standard InChI is InChI=1S/C26H34F2S.H2N.Ti/c1-16-12-10-13-17(2)24(16)29(8,9,25-22(27)14-11-15-23(25)28)26(7)20(5)18(3)19(4)21(26)6;;/h10-15,29H,1-9H3;1H2;/q;-1;+1. The maximum absolute atomic E-state index is 15.6. The Morgan fingerprint density at radius 2 is 1.06 bits per heavy atom. The summed E-state index contributed by atoms with van der Waals surface area (Å²) in [6.45, 7) is 14.9. The van der Waals surface area contributed by atoms with Crippen LogP contribution in [0, 0.1) is 25.5 Å². The van der Waals surface area contributed by atoms with Crippen molar-refractivity contribution in [3.05, 3.63) is 81.5 Å². The Kier molecular flexibility index (Phi) is 7.25. The van der Waals surface area contributed by atoms with E-state index in [1.807, 2.05) is 6.07 Å². The van der Waals surface area contributed by atoms with Crippen molar-refractivity contribution in [3.8, 4) is 0 Å². The van der Waals surface area contributed by atoms with Crippen LogP contribution in [0.15, 0.2) is 68.5 Å². The van der Waals surface area contributed by atoms with E-state index in [1.54, 1.807) is 0 Å². The first-order valence-electron chi connectivity index (χ1n) is 10.5. The van der Waals surface area contributed by atoms with Crippen molar-refractivity contribution in [1.29, 1.82) is 0 Å². The van der Waals surface area contributed by atoms with E-state index >= 15 is 8.78 Å². The number of hydrogen-bond donors (Lipinski definition) is 2. The molecule has 0 saturated heterocycles. The molecule has 0 aromatic heterocycles. The van der Waals surface area contributed by atoms with Crippen molar-refractivity contribution in [1.82, 2.24) is 0 Å². The summed E-state index contributed by atoms with van der Waals surface area (Å²) in [6.07, 6.45) is 4.34. The van der Waals surface area contributed by atoms with Crippen LogP contribution in [-0.2, 0) is 20.7 Å². The average molecular weight is 481 g/mol. The zero-order chi connectivity index (χ0) is 24.0. The molecule has 5 heteroatoms. The van der Waals surface area contributed by atoms with E-state index in [1.165, 1.54) is 61.2 Å². The van der Waals surface area contributed by atoms with Gasteiger partial charge in [-0.3, -0.25) is 0 Å². The van der Waals surface area contributed by atoms with Gasteiger partial charge in [-0.1, -0.05) is 35.4 Å². The minimum atomic E-state index is -3.47. The summed E-state index contributed by atoms with van der Waals surface area (Å²) in [5.41, 5.74) is 7.12. The van der Waals surface area contributed by atoms with Gasteiger partial charge < -0.3 is 0 Å². The normalized spacial score (nSPS) is 17.2. The molecule has 0 aliphatic heterocycles. The molecule has 1 nitrogen and oxygen atoms in total. The number of aryl methyl sites for hydroxylation is 2. The van der Waals surface area contributed by atoms with E-state index in [0.29, 0.717) is 0 Å². The number of nitrogens with two attached hydrogens (primary N) is 1. The summed E-state index contributed by atoms with van der Waals surface area (Å²) in [4.78, 5) is 1.38. The summed E-state index contributed by atoms with van der Waals surface area (Å²) in [7, 11) is -3.47. The van der Waals surface area contributed by atoms with Crippen LogP contribution in [0.2, 0.25) is 0 Å². The van der Waals surface area contributed by atoms with Gasteiger partial charge in [0.05, 0.1) is 4.90 Å². The quantitative estimate of drug-likeness (QED) is 0.353. The van der Waals surface area contributed by atoms with Crippen molar-refractivity contribution < 1.29 is 29.5 Å². The summed E-state index contributed by atoms with van der Waals surface area (Å²) in [5.74, 6) is -0.890. The van der Waals surface area contributed by atoms with E-state index in [4.69, 9.17) is 0 Å². The second-order valence-electron chi connectivity index (χ2n) is 9.51. The first kappa shape index (κ1) is 26.1. The Balaban J connectivity index is 0.00000166. The zero-order valence-electron chi connectivity index (χ0n) is 20.2. The molecule has 2 aromatic carbocycles. The molecule has 0 atom stereocenters. The molecule has 0 radical (unpaired) electrons. The first-order valence-corrected chi connectivity index (χ1v) is 14.5. The van der Waals surface area contributed by atoms with Gasteiger partial charge in [0.25, 0.3) is 0 Å². The number of benzene rings is 2. The molecule has 169 valence electrons. The third-order valence-electron chi connectivity index (χ3n) is 8.21. The number of halogens is 2. The van der Waals surface area contributed by atoms with Crippen LogP contribution in [0.1, 0.15) is 45.7 Å². The molecule has 1 aliphatic rings. The molecule has 1 aliphatic carbocycles. The molecule has 0 heterocycles. The number of thiol groups is 1. The van der Waals surface area contributed by atoms with Gasteiger partial charge in [0.2, 0.25) is 0 Å².